The van der Waals surface area contributed by atoms with E-state index in [9.17, 15) is 14.4 Å². The zero-order valence-electron chi connectivity index (χ0n) is 16.6. The third-order valence-corrected chi connectivity index (χ3v) is 3.89. The van der Waals surface area contributed by atoms with E-state index in [-0.39, 0.29) is 18.0 Å². The molecule has 2 aromatic carbocycles. The number of nitrogens with zero attached hydrogens (tertiary/aromatic N) is 1. The van der Waals surface area contributed by atoms with Crippen LogP contribution >= 0.6 is 0 Å². The maximum atomic E-state index is 12.2. The third-order valence-electron chi connectivity index (χ3n) is 3.89. The Kier molecular flexibility index (Phi) is 8.02. The molecule has 0 aliphatic heterocycles. The third kappa shape index (κ3) is 6.53. The van der Waals surface area contributed by atoms with Crippen LogP contribution in [0, 0.1) is 0 Å². The number of amides is 2. The highest BCUT2D eigenvalue weighted by atomic mass is 16.5. The molecule has 0 spiro atoms. The fourth-order valence-electron chi connectivity index (χ4n) is 2.44. The van der Waals surface area contributed by atoms with Crippen molar-refractivity contribution >= 4 is 23.5 Å². The predicted octanol–water partition coefficient (Wildman–Crippen LogP) is 2.35. The van der Waals surface area contributed by atoms with Gasteiger partial charge in [-0.1, -0.05) is 18.2 Å². The first kappa shape index (κ1) is 21.7. The molecule has 0 bridgehead atoms. The van der Waals surface area contributed by atoms with Gasteiger partial charge in [-0.2, -0.15) is 0 Å². The summed E-state index contributed by atoms with van der Waals surface area (Å²) in [6.07, 6.45) is 0. The minimum Gasteiger partial charge on any atom is -0.497 e. The summed E-state index contributed by atoms with van der Waals surface area (Å²) in [6.45, 7) is 1.52. The van der Waals surface area contributed by atoms with Crippen LogP contribution in [-0.2, 0) is 14.3 Å². The number of carbonyl (C=O) groups is 3. The van der Waals surface area contributed by atoms with Crippen LogP contribution in [0.25, 0.3) is 0 Å². The van der Waals surface area contributed by atoms with Crippen LogP contribution in [0.4, 0.5) is 5.69 Å². The predicted molar refractivity (Wildman–Crippen MR) is 107 cm³/mol. The normalized spacial score (nSPS) is 10.0. The zero-order chi connectivity index (χ0) is 21.2. The average Bonchev–Trinajstić information content (AvgIpc) is 2.72. The maximum absolute atomic E-state index is 12.2. The molecule has 0 heterocycles. The smallest absolute Gasteiger partial charge is 0.342 e. The number of para-hydroxylation sites is 1. The molecule has 0 saturated carbocycles. The van der Waals surface area contributed by atoms with Crippen molar-refractivity contribution < 1.29 is 28.6 Å². The molecule has 0 aliphatic rings. The number of ether oxygens (including phenoxy) is 3. The van der Waals surface area contributed by atoms with E-state index in [1.54, 1.807) is 55.5 Å². The van der Waals surface area contributed by atoms with Gasteiger partial charge in [-0.25, -0.2) is 4.79 Å². The number of esters is 1. The molecule has 0 fully saturated rings. The molecule has 0 aliphatic carbocycles. The van der Waals surface area contributed by atoms with Crippen LogP contribution in [-0.4, -0.2) is 56.6 Å². The molecule has 2 amide bonds. The van der Waals surface area contributed by atoms with Crippen LogP contribution < -0.4 is 14.8 Å². The average molecular weight is 400 g/mol. The summed E-state index contributed by atoms with van der Waals surface area (Å²) < 4.78 is 15.5. The summed E-state index contributed by atoms with van der Waals surface area (Å²) in [4.78, 5) is 37.7. The Morgan fingerprint density at radius 3 is 2.55 bits per heavy atom. The van der Waals surface area contributed by atoms with E-state index in [4.69, 9.17) is 14.2 Å². The van der Waals surface area contributed by atoms with Crippen LogP contribution in [0.3, 0.4) is 0 Å². The molecule has 8 nitrogen and oxygen atoms in total. The molecule has 0 radical (unpaired) electrons. The van der Waals surface area contributed by atoms with E-state index in [0.29, 0.717) is 23.8 Å². The first-order valence-corrected chi connectivity index (χ1v) is 9.01. The molecule has 8 heteroatoms. The number of anilines is 1. The monoisotopic (exact) mass is 400 g/mol. The van der Waals surface area contributed by atoms with Crippen LogP contribution in [0.1, 0.15) is 17.3 Å². The number of hydrogen-bond donors (Lipinski definition) is 1. The van der Waals surface area contributed by atoms with Gasteiger partial charge in [0.15, 0.2) is 6.61 Å². The van der Waals surface area contributed by atoms with Gasteiger partial charge in [0, 0.05) is 18.8 Å². The van der Waals surface area contributed by atoms with E-state index in [2.05, 4.69) is 5.32 Å². The van der Waals surface area contributed by atoms with Crippen LogP contribution in [0.15, 0.2) is 48.5 Å². The summed E-state index contributed by atoms with van der Waals surface area (Å²) in [5.41, 5.74) is 0.787. The second-order valence-electron chi connectivity index (χ2n) is 6.04. The van der Waals surface area contributed by atoms with Gasteiger partial charge in [0.1, 0.15) is 17.1 Å². The molecule has 0 aromatic heterocycles. The van der Waals surface area contributed by atoms with Crippen molar-refractivity contribution in [3.63, 3.8) is 0 Å². The van der Waals surface area contributed by atoms with Gasteiger partial charge in [0.25, 0.3) is 5.91 Å². The molecule has 0 atom stereocenters. The molecule has 154 valence electrons. The van der Waals surface area contributed by atoms with E-state index >= 15 is 0 Å². The van der Waals surface area contributed by atoms with Crippen molar-refractivity contribution in [2.75, 3.05) is 39.2 Å². The summed E-state index contributed by atoms with van der Waals surface area (Å²) in [5.74, 6) is -0.572. The summed E-state index contributed by atoms with van der Waals surface area (Å²) in [6, 6.07) is 13.5. The van der Waals surface area contributed by atoms with Crippen molar-refractivity contribution in [1.29, 1.82) is 0 Å². The van der Waals surface area contributed by atoms with Gasteiger partial charge >= 0.3 is 5.97 Å². The highest BCUT2D eigenvalue weighted by molar-refractivity contribution is 5.96. The number of likely N-dealkylation sites (N-methyl/N-ethyl adjacent to an activating group) is 1. The lowest BCUT2D eigenvalue weighted by atomic mass is 10.2. The van der Waals surface area contributed by atoms with Gasteiger partial charge in [-0.05, 0) is 31.2 Å². The second-order valence-corrected chi connectivity index (χ2v) is 6.04. The number of rotatable bonds is 9. The van der Waals surface area contributed by atoms with Gasteiger partial charge < -0.3 is 24.4 Å². The minimum absolute atomic E-state index is 0.191. The lowest BCUT2D eigenvalue weighted by Gasteiger charge is -2.17. The fraction of sp³-hybridized carbons (Fsp3) is 0.286. The van der Waals surface area contributed by atoms with Crippen LogP contribution in [0.2, 0.25) is 0 Å². The molecule has 0 saturated heterocycles. The molecule has 0 unspecified atom stereocenters. The fourth-order valence-corrected chi connectivity index (χ4v) is 2.44. The molecule has 29 heavy (non-hydrogen) atoms. The number of carbonyl (C=O) groups excluding carboxylic acids is 3. The highest BCUT2D eigenvalue weighted by Crippen LogP contribution is 2.19. The van der Waals surface area contributed by atoms with Gasteiger partial charge in [-0.15, -0.1) is 0 Å². The largest absolute Gasteiger partial charge is 0.497 e. The zero-order valence-corrected chi connectivity index (χ0v) is 16.6. The molecular weight excluding hydrogens is 376 g/mol. The Bertz CT molecular complexity index is 868. The van der Waals surface area contributed by atoms with Crippen molar-refractivity contribution in [2.45, 2.75) is 6.92 Å². The number of benzene rings is 2. The Morgan fingerprint density at radius 2 is 1.83 bits per heavy atom. The molecule has 2 aromatic rings. The van der Waals surface area contributed by atoms with Crippen LogP contribution in [0.5, 0.6) is 11.5 Å². The molecule has 2 rings (SSSR count). The summed E-state index contributed by atoms with van der Waals surface area (Å²) in [7, 11) is 2.98. The maximum Gasteiger partial charge on any atom is 0.342 e. The van der Waals surface area contributed by atoms with Crippen molar-refractivity contribution in [2.24, 2.45) is 0 Å². The highest BCUT2D eigenvalue weighted by Gasteiger charge is 2.18. The summed E-state index contributed by atoms with van der Waals surface area (Å²) in [5, 5.41) is 2.68. The standard InChI is InChI=1S/C21H24N2O6/c1-4-28-18-11-6-5-10-17(18)21(26)29-14-20(25)23(2)13-19(24)22-15-8-7-9-16(12-15)27-3/h5-12H,4,13-14H2,1-3H3,(H,22,24). The second kappa shape index (κ2) is 10.7. The first-order chi connectivity index (χ1) is 13.9. The molecular formula is C21H24N2O6. The number of methoxy groups -OCH3 is 1. The minimum atomic E-state index is -0.670. The lowest BCUT2D eigenvalue weighted by molar-refractivity contribution is -0.136. The lowest BCUT2D eigenvalue weighted by Crippen LogP contribution is -2.37. The van der Waals surface area contributed by atoms with Crippen molar-refractivity contribution in [3.8, 4) is 11.5 Å². The van der Waals surface area contributed by atoms with Gasteiger partial charge in [0.05, 0.1) is 20.3 Å². The topological polar surface area (TPSA) is 94.2 Å². The SMILES string of the molecule is CCOc1ccccc1C(=O)OCC(=O)N(C)CC(=O)Nc1cccc(OC)c1. The number of nitrogens with one attached hydrogen (secondary N) is 1. The van der Waals surface area contributed by atoms with Crippen molar-refractivity contribution in [3.05, 3.63) is 54.1 Å². The van der Waals surface area contributed by atoms with Gasteiger partial charge in [-0.3, -0.25) is 9.59 Å². The first-order valence-electron chi connectivity index (χ1n) is 9.01. The van der Waals surface area contributed by atoms with E-state index < -0.39 is 18.5 Å². The quantitative estimate of drug-likeness (QED) is 0.650. The Balaban J connectivity index is 1.85. The Morgan fingerprint density at radius 1 is 1.07 bits per heavy atom. The Labute approximate surface area is 169 Å². The van der Waals surface area contributed by atoms with E-state index in [1.165, 1.54) is 19.1 Å². The van der Waals surface area contributed by atoms with E-state index in [0.717, 1.165) is 0 Å². The molecule has 1 N–H and O–H groups in total. The number of hydrogen-bond acceptors (Lipinski definition) is 6. The Hall–Kier alpha value is -3.55. The van der Waals surface area contributed by atoms with Gasteiger partial charge in [0.2, 0.25) is 5.91 Å². The summed E-state index contributed by atoms with van der Waals surface area (Å²) >= 11 is 0. The van der Waals surface area contributed by atoms with Crippen molar-refractivity contribution in [1.82, 2.24) is 4.90 Å². The van der Waals surface area contributed by atoms with E-state index in [1.807, 2.05) is 0 Å².